The van der Waals surface area contributed by atoms with Crippen molar-refractivity contribution in [3.05, 3.63) is 52.7 Å². The summed E-state index contributed by atoms with van der Waals surface area (Å²) in [6, 6.07) is 7.96. The topological polar surface area (TPSA) is 115 Å². The molecule has 10 heteroatoms. The molecule has 0 radical (unpaired) electrons. The van der Waals surface area contributed by atoms with Gasteiger partial charge in [-0.25, -0.2) is 18.6 Å². The Labute approximate surface area is 187 Å². The number of carbonyl (C=O) groups is 1. The van der Waals surface area contributed by atoms with Crippen molar-refractivity contribution in [2.45, 2.75) is 26.1 Å². The third kappa shape index (κ3) is 4.23. The molecule has 2 heterocycles. The second-order valence-corrected chi connectivity index (χ2v) is 8.68. The molecule has 1 aromatic heterocycles. The third-order valence-electron chi connectivity index (χ3n) is 5.31. The largest absolute Gasteiger partial charge is 0.442 e. The summed E-state index contributed by atoms with van der Waals surface area (Å²) < 4.78 is 34.0. The molecule has 0 bridgehead atoms. The predicted molar refractivity (Wildman–Crippen MR) is 119 cm³/mol. The van der Waals surface area contributed by atoms with Crippen LogP contribution in [0.2, 0.25) is 0 Å². The number of aromatic nitrogens is 1. The SMILES string of the molecule is Cc1nc(COC(=O)N2CCC(O)C2)sc1-c1cccc(-c2cc(F)c(N)c(N)c2F)c1. The first-order valence-electron chi connectivity index (χ1n) is 9.94. The normalized spacial score (nSPS) is 15.9. The van der Waals surface area contributed by atoms with Gasteiger partial charge >= 0.3 is 6.09 Å². The minimum Gasteiger partial charge on any atom is -0.442 e. The van der Waals surface area contributed by atoms with Gasteiger partial charge < -0.3 is 26.2 Å². The molecule has 5 N–H and O–H groups in total. The van der Waals surface area contributed by atoms with Gasteiger partial charge in [-0.05, 0) is 36.6 Å². The maximum absolute atomic E-state index is 14.6. The number of ether oxygens (including phenoxy) is 1. The number of benzene rings is 2. The molecule has 7 nitrogen and oxygen atoms in total. The van der Waals surface area contributed by atoms with Crippen molar-refractivity contribution >= 4 is 28.8 Å². The number of aliphatic hydroxyl groups is 1. The summed E-state index contributed by atoms with van der Waals surface area (Å²) in [5, 5.41) is 10.1. The summed E-state index contributed by atoms with van der Waals surface area (Å²) in [6.07, 6.45) is -0.467. The Balaban J connectivity index is 1.55. The first kappa shape index (κ1) is 22.0. The first-order valence-corrected chi connectivity index (χ1v) is 10.8. The van der Waals surface area contributed by atoms with Crippen LogP contribution < -0.4 is 11.5 Å². The Hall–Kier alpha value is -3.24. The summed E-state index contributed by atoms with van der Waals surface area (Å²) in [6.45, 7) is 2.55. The predicted octanol–water partition coefficient (Wildman–Crippen LogP) is 3.93. The van der Waals surface area contributed by atoms with Crippen LogP contribution in [0.15, 0.2) is 30.3 Å². The van der Waals surface area contributed by atoms with Gasteiger partial charge in [0.2, 0.25) is 0 Å². The lowest BCUT2D eigenvalue weighted by atomic mass is 10.00. The zero-order chi connectivity index (χ0) is 23.0. The number of carbonyl (C=O) groups excluding carboxylic acids is 1. The zero-order valence-corrected chi connectivity index (χ0v) is 18.1. The highest BCUT2D eigenvalue weighted by atomic mass is 32.1. The van der Waals surface area contributed by atoms with Crippen LogP contribution in [0, 0.1) is 18.6 Å². The molecule has 1 atom stereocenters. The number of β-amino-alcohol motifs (C(OH)–C–C–N with tert-alkyl or cyclic N) is 1. The number of amides is 1. The lowest BCUT2D eigenvalue weighted by molar-refractivity contribution is 0.0970. The highest BCUT2D eigenvalue weighted by Crippen LogP contribution is 2.36. The highest BCUT2D eigenvalue weighted by molar-refractivity contribution is 7.15. The molecule has 1 saturated heterocycles. The van der Waals surface area contributed by atoms with Gasteiger partial charge in [0.15, 0.2) is 5.82 Å². The molecule has 3 aromatic rings. The summed E-state index contributed by atoms with van der Waals surface area (Å²) in [4.78, 5) is 18.9. The summed E-state index contributed by atoms with van der Waals surface area (Å²) in [5.41, 5.74) is 12.2. The van der Waals surface area contributed by atoms with Gasteiger partial charge in [0, 0.05) is 18.7 Å². The van der Waals surface area contributed by atoms with Gasteiger partial charge in [-0.15, -0.1) is 11.3 Å². The molecule has 4 rings (SSSR count). The minimum absolute atomic E-state index is 0.00492. The standard InChI is InChI=1S/C22H22F2N4O3S/c1-11-21(32-17(27-11)10-31-22(30)28-6-5-14(29)9-28)13-4-2-3-12(7-13)15-8-16(23)19(25)20(26)18(15)24/h2-4,7-8,14,29H,5-6,9-10,25-26H2,1H3. The fourth-order valence-electron chi connectivity index (χ4n) is 3.60. The summed E-state index contributed by atoms with van der Waals surface area (Å²) >= 11 is 1.35. The zero-order valence-electron chi connectivity index (χ0n) is 17.3. The number of anilines is 2. The molecule has 32 heavy (non-hydrogen) atoms. The van der Waals surface area contributed by atoms with Crippen LogP contribution in [-0.4, -0.2) is 40.3 Å². The molecule has 0 aliphatic carbocycles. The maximum atomic E-state index is 14.6. The number of aliphatic hydroxyl groups excluding tert-OH is 1. The molecule has 0 saturated carbocycles. The van der Waals surface area contributed by atoms with Gasteiger partial charge in [-0.1, -0.05) is 18.2 Å². The van der Waals surface area contributed by atoms with Crippen molar-refractivity contribution in [2.24, 2.45) is 0 Å². The van der Waals surface area contributed by atoms with Crippen LogP contribution in [-0.2, 0) is 11.3 Å². The molecular weight excluding hydrogens is 438 g/mol. The van der Waals surface area contributed by atoms with Crippen molar-refractivity contribution in [1.82, 2.24) is 9.88 Å². The lowest BCUT2D eigenvalue weighted by Crippen LogP contribution is -2.30. The van der Waals surface area contributed by atoms with Gasteiger partial charge in [-0.2, -0.15) is 0 Å². The number of nitrogen functional groups attached to an aromatic ring is 2. The smallest absolute Gasteiger partial charge is 0.410 e. The average molecular weight is 461 g/mol. The van der Waals surface area contributed by atoms with Crippen LogP contribution in [0.1, 0.15) is 17.1 Å². The van der Waals surface area contributed by atoms with E-state index in [0.29, 0.717) is 23.5 Å². The van der Waals surface area contributed by atoms with Crippen molar-refractivity contribution in [3.8, 4) is 21.6 Å². The fourth-order valence-corrected chi connectivity index (χ4v) is 4.58. The fraction of sp³-hybridized carbons (Fsp3) is 0.273. The van der Waals surface area contributed by atoms with Gasteiger partial charge in [-0.3, -0.25) is 0 Å². The van der Waals surface area contributed by atoms with E-state index < -0.39 is 35.2 Å². The van der Waals surface area contributed by atoms with E-state index in [-0.39, 0.29) is 18.7 Å². The molecule has 1 amide bonds. The van der Waals surface area contributed by atoms with E-state index in [1.54, 1.807) is 18.2 Å². The molecule has 1 aliphatic rings. The Kier molecular flexibility index (Phi) is 5.98. The van der Waals surface area contributed by atoms with Crippen LogP contribution in [0.4, 0.5) is 25.0 Å². The Bertz CT molecular complexity index is 1180. The molecule has 1 aliphatic heterocycles. The lowest BCUT2D eigenvalue weighted by Gasteiger charge is -2.14. The van der Waals surface area contributed by atoms with Crippen LogP contribution in [0.3, 0.4) is 0 Å². The highest BCUT2D eigenvalue weighted by Gasteiger charge is 2.26. The number of thiazole rings is 1. The number of halogens is 2. The molecular formula is C22H22F2N4O3S. The van der Waals surface area contributed by atoms with E-state index in [1.807, 2.05) is 13.0 Å². The summed E-state index contributed by atoms with van der Waals surface area (Å²) in [7, 11) is 0. The Morgan fingerprint density at radius 1 is 1.28 bits per heavy atom. The first-order chi connectivity index (χ1) is 15.2. The molecule has 1 fully saturated rings. The van der Waals surface area contributed by atoms with E-state index >= 15 is 0 Å². The van der Waals surface area contributed by atoms with Crippen molar-refractivity contribution in [1.29, 1.82) is 0 Å². The van der Waals surface area contributed by atoms with Gasteiger partial charge in [0.1, 0.15) is 17.4 Å². The number of nitrogens with zero attached hydrogens (tertiary/aromatic N) is 2. The van der Waals surface area contributed by atoms with Crippen molar-refractivity contribution in [3.63, 3.8) is 0 Å². The number of hydrogen-bond acceptors (Lipinski definition) is 7. The monoisotopic (exact) mass is 460 g/mol. The maximum Gasteiger partial charge on any atom is 0.410 e. The second kappa shape index (κ2) is 8.71. The van der Waals surface area contributed by atoms with E-state index in [2.05, 4.69) is 4.98 Å². The molecule has 0 spiro atoms. The Morgan fingerprint density at radius 3 is 2.75 bits per heavy atom. The molecule has 1 unspecified atom stereocenters. The van der Waals surface area contributed by atoms with Crippen LogP contribution >= 0.6 is 11.3 Å². The van der Waals surface area contributed by atoms with E-state index in [9.17, 15) is 18.7 Å². The number of aryl methyl sites for hydroxylation is 1. The van der Waals surface area contributed by atoms with Crippen molar-refractivity contribution in [2.75, 3.05) is 24.6 Å². The molecule has 2 aromatic carbocycles. The number of likely N-dealkylation sites (tertiary alicyclic amines) is 1. The second-order valence-electron chi connectivity index (χ2n) is 7.59. The van der Waals surface area contributed by atoms with E-state index in [1.165, 1.54) is 16.2 Å². The number of hydrogen-bond donors (Lipinski definition) is 3. The quantitative estimate of drug-likeness (QED) is 0.508. The van der Waals surface area contributed by atoms with Crippen LogP contribution in [0.25, 0.3) is 21.6 Å². The number of nitrogens with two attached hydrogens (primary N) is 2. The third-order valence-corrected chi connectivity index (χ3v) is 6.49. The van der Waals surface area contributed by atoms with E-state index in [0.717, 1.165) is 22.2 Å². The minimum atomic E-state index is -0.784. The Morgan fingerprint density at radius 2 is 2.03 bits per heavy atom. The van der Waals surface area contributed by atoms with Gasteiger partial charge in [0.25, 0.3) is 0 Å². The van der Waals surface area contributed by atoms with E-state index in [4.69, 9.17) is 16.2 Å². The van der Waals surface area contributed by atoms with Gasteiger partial charge in [0.05, 0.1) is 28.0 Å². The average Bonchev–Trinajstić information content (AvgIpc) is 3.38. The van der Waals surface area contributed by atoms with Crippen molar-refractivity contribution < 1.29 is 23.4 Å². The summed E-state index contributed by atoms with van der Waals surface area (Å²) in [5.74, 6) is -1.56. The van der Waals surface area contributed by atoms with Crippen LogP contribution in [0.5, 0.6) is 0 Å². The molecule has 168 valence electrons. The number of rotatable bonds is 4.